The number of nitrogen functional groups attached to an aromatic ring is 1. The standard InChI is InChI=1S/C10H12N4O2S/c1-5-7(8(11)17-14-5)10-12-9(13-16-10)6-3-2-4-15-6/h6H,2-4,11H2,1H3. The van der Waals surface area contributed by atoms with E-state index in [1.165, 1.54) is 11.5 Å². The Kier molecular flexibility index (Phi) is 2.56. The maximum absolute atomic E-state index is 5.83. The summed E-state index contributed by atoms with van der Waals surface area (Å²) in [4.78, 5) is 4.34. The molecule has 0 aliphatic carbocycles. The number of hydrogen-bond acceptors (Lipinski definition) is 7. The van der Waals surface area contributed by atoms with E-state index in [1.54, 1.807) is 0 Å². The van der Waals surface area contributed by atoms with Gasteiger partial charge in [0.1, 0.15) is 11.1 Å². The van der Waals surface area contributed by atoms with Gasteiger partial charge in [-0.2, -0.15) is 9.36 Å². The highest BCUT2D eigenvalue weighted by molar-refractivity contribution is 7.10. The molecular weight excluding hydrogens is 240 g/mol. The average Bonchev–Trinajstić information content (AvgIpc) is 2.98. The van der Waals surface area contributed by atoms with Crippen molar-refractivity contribution in [1.29, 1.82) is 0 Å². The molecule has 0 saturated carbocycles. The molecule has 1 aliphatic rings. The Morgan fingerprint density at radius 2 is 2.35 bits per heavy atom. The van der Waals surface area contributed by atoms with Crippen LogP contribution in [0.3, 0.4) is 0 Å². The summed E-state index contributed by atoms with van der Waals surface area (Å²) in [5, 5.41) is 4.55. The van der Waals surface area contributed by atoms with Gasteiger partial charge in [-0.1, -0.05) is 5.16 Å². The molecule has 0 bridgehead atoms. The number of nitrogens with two attached hydrogens (primary N) is 1. The van der Waals surface area contributed by atoms with E-state index in [0.717, 1.165) is 30.7 Å². The van der Waals surface area contributed by atoms with E-state index >= 15 is 0 Å². The normalized spacial score (nSPS) is 19.9. The largest absolute Gasteiger partial charge is 0.389 e. The maximum atomic E-state index is 5.83. The molecule has 6 nitrogen and oxygen atoms in total. The summed E-state index contributed by atoms with van der Waals surface area (Å²) in [7, 11) is 0. The van der Waals surface area contributed by atoms with Crippen LogP contribution in [-0.4, -0.2) is 21.1 Å². The van der Waals surface area contributed by atoms with Gasteiger partial charge in [-0.3, -0.25) is 0 Å². The Balaban J connectivity index is 1.94. The minimum Gasteiger partial charge on any atom is -0.389 e. The second kappa shape index (κ2) is 4.08. The van der Waals surface area contributed by atoms with E-state index in [9.17, 15) is 0 Å². The minimum atomic E-state index is -0.0411. The fourth-order valence-corrected chi connectivity index (χ4v) is 2.55. The van der Waals surface area contributed by atoms with Gasteiger partial charge >= 0.3 is 0 Å². The van der Waals surface area contributed by atoms with Crippen LogP contribution in [-0.2, 0) is 4.74 Å². The number of hydrogen-bond donors (Lipinski definition) is 1. The summed E-state index contributed by atoms with van der Waals surface area (Å²) < 4.78 is 14.9. The summed E-state index contributed by atoms with van der Waals surface area (Å²) in [6, 6.07) is 0. The zero-order chi connectivity index (χ0) is 11.8. The van der Waals surface area contributed by atoms with Crippen LogP contribution in [0, 0.1) is 6.92 Å². The van der Waals surface area contributed by atoms with Crippen molar-refractivity contribution in [3.8, 4) is 11.5 Å². The molecule has 1 saturated heterocycles. The highest BCUT2D eigenvalue weighted by Crippen LogP contribution is 2.33. The second-order valence-electron chi connectivity index (χ2n) is 3.97. The lowest BCUT2D eigenvalue weighted by Gasteiger charge is -2.00. The first-order valence-electron chi connectivity index (χ1n) is 5.43. The molecule has 7 heteroatoms. The molecule has 1 aliphatic heterocycles. The topological polar surface area (TPSA) is 87.1 Å². The number of rotatable bonds is 2. The van der Waals surface area contributed by atoms with Gasteiger partial charge in [-0.15, -0.1) is 0 Å². The van der Waals surface area contributed by atoms with Gasteiger partial charge in [-0.25, -0.2) is 0 Å². The Morgan fingerprint density at radius 3 is 3.00 bits per heavy atom. The molecule has 3 rings (SSSR count). The zero-order valence-corrected chi connectivity index (χ0v) is 10.2. The lowest BCUT2D eigenvalue weighted by atomic mass is 10.2. The van der Waals surface area contributed by atoms with Gasteiger partial charge < -0.3 is 15.0 Å². The smallest absolute Gasteiger partial charge is 0.262 e. The molecule has 3 heterocycles. The first kappa shape index (κ1) is 10.7. The summed E-state index contributed by atoms with van der Waals surface area (Å²) in [5.41, 5.74) is 7.39. The van der Waals surface area contributed by atoms with E-state index in [2.05, 4.69) is 14.5 Å². The van der Waals surface area contributed by atoms with Crippen molar-refractivity contribution >= 4 is 16.5 Å². The third kappa shape index (κ3) is 1.81. The molecule has 0 amide bonds. The van der Waals surface area contributed by atoms with Crippen LogP contribution in [0.2, 0.25) is 0 Å². The first-order chi connectivity index (χ1) is 8.25. The molecule has 0 aromatic carbocycles. The Morgan fingerprint density at radius 1 is 1.47 bits per heavy atom. The van der Waals surface area contributed by atoms with Crippen LogP contribution in [0.4, 0.5) is 5.00 Å². The fraction of sp³-hybridized carbons (Fsp3) is 0.500. The first-order valence-corrected chi connectivity index (χ1v) is 6.20. The lowest BCUT2D eigenvalue weighted by molar-refractivity contribution is 0.103. The molecule has 1 fully saturated rings. The predicted octanol–water partition coefficient (Wildman–Crippen LogP) is 1.94. The molecule has 0 spiro atoms. The van der Waals surface area contributed by atoms with Gasteiger partial charge in [0, 0.05) is 6.61 Å². The molecule has 90 valence electrons. The van der Waals surface area contributed by atoms with Crippen molar-refractivity contribution in [3.05, 3.63) is 11.5 Å². The van der Waals surface area contributed by atoms with Gasteiger partial charge in [0.25, 0.3) is 5.89 Å². The predicted molar refractivity (Wildman–Crippen MR) is 62.5 cm³/mol. The van der Waals surface area contributed by atoms with Crippen molar-refractivity contribution in [2.24, 2.45) is 0 Å². The Bertz CT molecular complexity index is 511. The molecular formula is C10H12N4O2S. The van der Waals surface area contributed by atoms with Gasteiger partial charge in [0.2, 0.25) is 5.82 Å². The van der Waals surface area contributed by atoms with Crippen LogP contribution < -0.4 is 5.73 Å². The van der Waals surface area contributed by atoms with Gasteiger partial charge in [-0.05, 0) is 31.3 Å². The summed E-state index contributed by atoms with van der Waals surface area (Å²) in [6.45, 7) is 2.63. The fourth-order valence-electron chi connectivity index (χ4n) is 1.90. The van der Waals surface area contributed by atoms with Crippen LogP contribution in [0.5, 0.6) is 0 Å². The monoisotopic (exact) mass is 252 g/mol. The van der Waals surface area contributed by atoms with E-state index in [0.29, 0.717) is 16.7 Å². The third-order valence-electron chi connectivity index (χ3n) is 2.76. The molecule has 2 aromatic rings. The molecule has 2 N–H and O–H groups in total. The number of ether oxygens (including phenoxy) is 1. The second-order valence-corrected chi connectivity index (χ2v) is 4.77. The van der Waals surface area contributed by atoms with Crippen LogP contribution in [0.15, 0.2) is 4.52 Å². The molecule has 17 heavy (non-hydrogen) atoms. The van der Waals surface area contributed by atoms with E-state index in [4.69, 9.17) is 15.0 Å². The van der Waals surface area contributed by atoms with Crippen molar-refractivity contribution in [1.82, 2.24) is 14.5 Å². The van der Waals surface area contributed by atoms with Crippen molar-refractivity contribution < 1.29 is 9.26 Å². The van der Waals surface area contributed by atoms with Gasteiger partial charge in [0.15, 0.2) is 0 Å². The van der Waals surface area contributed by atoms with Crippen LogP contribution in [0.25, 0.3) is 11.5 Å². The van der Waals surface area contributed by atoms with Crippen molar-refractivity contribution in [2.75, 3.05) is 12.3 Å². The number of aryl methyl sites for hydroxylation is 1. The zero-order valence-electron chi connectivity index (χ0n) is 9.34. The summed E-state index contributed by atoms with van der Waals surface area (Å²) in [6.07, 6.45) is 1.94. The van der Waals surface area contributed by atoms with Crippen LogP contribution >= 0.6 is 11.5 Å². The number of anilines is 1. The third-order valence-corrected chi connectivity index (χ3v) is 3.53. The summed E-state index contributed by atoms with van der Waals surface area (Å²) in [5.74, 6) is 1.03. The maximum Gasteiger partial charge on any atom is 0.262 e. The van der Waals surface area contributed by atoms with Gasteiger partial charge in [0.05, 0.1) is 11.3 Å². The Hall–Kier alpha value is -1.47. The highest BCUT2D eigenvalue weighted by Gasteiger charge is 2.25. The Labute approximate surface area is 102 Å². The highest BCUT2D eigenvalue weighted by atomic mass is 32.1. The molecule has 1 unspecified atom stereocenters. The van der Waals surface area contributed by atoms with E-state index < -0.39 is 0 Å². The van der Waals surface area contributed by atoms with Crippen LogP contribution in [0.1, 0.15) is 30.5 Å². The summed E-state index contributed by atoms with van der Waals surface area (Å²) >= 11 is 1.24. The van der Waals surface area contributed by atoms with E-state index in [1.807, 2.05) is 6.92 Å². The number of aromatic nitrogens is 3. The molecule has 1 atom stereocenters. The lowest BCUT2D eigenvalue weighted by Crippen LogP contribution is -1.98. The molecule has 0 radical (unpaired) electrons. The van der Waals surface area contributed by atoms with E-state index in [-0.39, 0.29) is 6.10 Å². The van der Waals surface area contributed by atoms with Crippen molar-refractivity contribution in [2.45, 2.75) is 25.9 Å². The number of nitrogens with zero attached hydrogens (tertiary/aromatic N) is 3. The SMILES string of the molecule is Cc1nsc(N)c1-c1nc(C2CCCO2)no1. The van der Waals surface area contributed by atoms with Crippen molar-refractivity contribution in [3.63, 3.8) is 0 Å². The molecule has 2 aromatic heterocycles. The minimum absolute atomic E-state index is 0.0411. The average molecular weight is 252 g/mol. The quantitative estimate of drug-likeness (QED) is 0.878.